The zero-order chi connectivity index (χ0) is 12.6. The Morgan fingerprint density at radius 1 is 1.28 bits per heavy atom. The van der Waals surface area contributed by atoms with Gasteiger partial charge in [0.2, 0.25) is 0 Å². The summed E-state index contributed by atoms with van der Waals surface area (Å²) >= 11 is 6.15. The van der Waals surface area contributed by atoms with Crippen molar-refractivity contribution >= 4 is 17.3 Å². The third-order valence-corrected chi connectivity index (χ3v) is 5.06. The first-order chi connectivity index (χ1) is 8.69. The number of benzene rings is 1. The molecule has 1 aliphatic heterocycles. The molecule has 1 saturated heterocycles. The van der Waals surface area contributed by atoms with Crippen LogP contribution in [0.1, 0.15) is 31.2 Å². The Balaban J connectivity index is 1.61. The van der Waals surface area contributed by atoms with Crippen LogP contribution in [0, 0.1) is 12.3 Å². The van der Waals surface area contributed by atoms with Crippen molar-refractivity contribution in [1.29, 1.82) is 0 Å². The van der Waals surface area contributed by atoms with Crippen LogP contribution in [0.2, 0.25) is 5.02 Å². The highest BCUT2D eigenvalue weighted by Crippen LogP contribution is 2.49. The van der Waals surface area contributed by atoms with Crippen molar-refractivity contribution in [3.05, 3.63) is 28.8 Å². The molecule has 2 aliphatic rings. The molecule has 1 spiro atoms. The maximum Gasteiger partial charge on any atom is 0.0455 e. The molecule has 0 atom stereocenters. The van der Waals surface area contributed by atoms with Gasteiger partial charge in [-0.3, -0.25) is 0 Å². The van der Waals surface area contributed by atoms with E-state index in [-0.39, 0.29) is 0 Å². The molecule has 0 aromatic heterocycles. The number of hydrogen-bond donors (Lipinski definition) is 2. The summed E-state index contributed by atoms with van der Waals surface area (Å²) in [5, 5.41) is 7.96. The van der Waals surface area contributed by atoms with Gasteiger partial charge in [0.1, 0.15) is 0 Å². The molecule has 2 fully saturated rings. The van der Waals surface area contributed by atoms with Crippen LogP contribution in [0.3, 0.4) is 0 Å². The second kappa shape index (κ2) is 4.75. The van der Waals surface area contributed by atoms with Crippen LogP contribution in [0.4, 0.5) is 5.69 Å². The average molecular weight is 265 g/mol. The van der Waals surface area contributed by atoms with Crippen LogP contribution < -0.4 is 10.6 Å². The van der Waals surface area contributed by atoms with Crippen molar-refractivity contribution in [2.45, 2.75) is 38.6 Å². The van der Waals surface area contributed by atoms with E-state index in [1.807, 2.05) is 12.1 Å². The van der Waals surface area contributed by atoms with E-state index in [9.17, 15) is 0 Å². The van der Waals surface area contributed by atoms with E-state index >= 15 is 0 Å². The molecule has 2 nitrogen and oxygen atoms in total. The molecule has 0 unspecified atom stereocenters. The Morgan fingerprint density at radius 3 is 2.72 bits per heavy atom. The van der Waals surface area contributed by atoms with Gasteiger partial charge in [0.05, 0.1) is 0 Å². The second-order valence-corrected chi connectivity index (χ2v) is 6.32. The molecule has 98 valence electrons. The Bertz CT molecular complexity index is 430. The smallest absolute Gasteiger partial charge is 0.0455 e. The van der Waals surface area contributed by atoms with E-state index in [2.05, 4.69) is 23.6 Å². The molecule has 18 heavy (non-hydrogen) atoms. The lowest BCUT2D eigenvalue weighted by Gasteiger charge is -2.51. The third kappa shape index (κ3) is 2.24. The van der Waals surface area contributed by atoms with Gasteiger partial charge < -0.3 is 10.6 Å². The van der Waals surface area contributed by atoms with E-state index in [1.165, 1.54) is 50.0 Å². The van der Waals surface area contributed by atoms with Gasteiger partial charge in [-0.05, 0) is 68.8 Å². The summed E-state index contributed by atoms with van der Waals surface area (Å²) in [6.07, 6.45) is 5.33. The number of nitrogens with one attached hydrogen (secondary N) is 2. The van der Waals surface area contributed by atoms with Crippen molar-refractivity contribution in [3.8, 4) is 0 Å². The van der Waals surface area contributed by atoms with E-state index in [1.54, 1.807) is 0 Å². The highest BCUT2D eigenvalue weighted by molar-refractivity contribution is 6.31. The van der Waals surface area contributed by atoms with Gasteiger partial charge in [-0.25, -0.2) is 0 Å². The van der Waals surface area contributed by atoms with Crippen molar-refractivity contribution in [3.63, 3.8) is 0 Å². The van der Waals surface area contributed by atoms with Crippen LogP contribution in [-0.4, -0.2) is 19.1 Å². The van der Waals surface area contributed by atoms with Crippen LogP contribution >= 0.6 is 11.6 Å². The minimum absolute atomic E-state index is 0.634. The first-order valence-electron chi connectivity index (χ1n) is 6.91. The molecule has 2 N–H and O–H groups in total. The van der Waals surface area contributed by atoms with Crippen molar-refractivity contribution in [2.75, 3.05) is 18.4 Å². The Labute approximate surface area is 114 Å². The Kier molecular flexibility index (Phi) is 3.25. The van der Waals surface area contributed by atoms with Crippen LogP contribution in [0.25, 0.3) is 0 Å². The largest absolute Gasteiger partial charge is 0.382 e. The number of halogens is 1. The molecule has 1 aromatic rings. The summed E-state index contributed by atoms with van der Waals surface area (Å²) in [6, 6.07) is 6.75. The summed E-state index contributed by atoms with van der Waals surface area (Å²) in [5.74, 6) is 0. The van der Waals surface area contributed by atoms with Crippen molar-refractivity contribution in [1.82, 2.24) is 5.32 Å². The maximum atomic E-state index is 6.15. The molecule has 0 bridgehead atoms. The van der Waals surface area contributed by atoms with Crippen LogP contribution in [-0.2, 0) is 0 Å². The van der Waals surface area contributed by atoms with E-state index < -0.39 is 0 Å². The monoisotopic (exact) mass is 264 g/mol. The van der Waals surface area contributed by atoms with E-state index in [0.29, 0.717) is 11.5 Å². The molecule has 0 amide bonds. The van der Waals surface area contributed by atoms with Gasteiger partial charge in [-0.15, -0.1) is 0 Å². The lowest BCUT2D eigenvalue weighted by molar-refractivity contribution is 0.0718. The molecule has 1 aromatic carbocycles. The van der Waals surface area contributed by atoms with Crippen LogP contribution in [0.5, 0.6) is 0 Å². The molecule has 3 rings (SSSR count). The second-order valence-electron chi connectivity index (χ2n) is 5.91. The summed E-state index contributed by atoms with van der Waals surface area (Å²) in [5.41, 5.74) is 3.01. The lowest BCUT2D eigenvalue weighted by Crippen LogP contribution is -2.50. The highest BCUT2D eigenvalue weighted by atomic mass is 35.5. The van der Waals surface area contributed by atoms with Gasteiger partial charge >= 0.3 is 0 Å². The number of piperidine rings is 1. The molecule has 1 aliphatic carbocycles. The van der Waals surface area contributed by atoms with Gasteiger partial charge in [-0.2, -0.15) is 0 Å². The lowest BCUT2D eigenvalue weighted by atomic mass is 9.60. The Morgan fingerprint density at radius 2 is 2.00 bits per heavy atom. The summed E-state index contributed by atoms with van der Waals surface area (Å²) in [6.45, 7) is 4.48. The quantitative estimate of drug-likeness (QED) is 0.853. The SMILES string of the molecule is Cc1c(Cl)cccc1NC1CC2(CCNCC2)C1. The number of hydrogen-bond acceptors (Lipinski definition) is 2. The first kappa shape index (κ1) is 12.3. The summed E-state index contributed by atoms with van der Waals surface area (Å²) < 4.78 is 0. The normalized spacial score (nSPS) is 22.8. The van der Waals surface area contributed by atoms with Crippen molar-refractivity contribution in [2.24, 2.45) is 5.41 Å². The van der Waals surface area contributed by atoms with E-state index in [4.69, 9.17) is 11.6 Å². The van der Waals surface area contributed by atoms with Gasteiger partial charge in [0.25, 0.3) is 0 Å². The van der Waals surface area contributed by atoms with Gasteiger partial charge in [0.15, 0.2) is 0 Å². The topological polar surface area (TPSA) is 24.1 Å². The Hall–Kier alpha value is -0.730. The number of anilines is 1. The fourth-order valence-electron chi connectivity index (χ4n) is 3.44. The predicted molar refractivity (Wildman–Crippen MR) is 77.4 cm³/mol. The fraction of sp³-hybridized carbons (Fsp3) is 0.600. The zero-order valence-electron chi connectivity index (χ0n) is 10.9. The molecule has 0 radical (unpaired) electrons. The third-order valence-electron chi connectivity index (χ3n) is 4.65. The minimum atomic E-state index is 0.634. The minimum Gasteiger partial charge on any atom is -0.382 e. The molecule has 3 heteroatoms. The fourth-order valence-corrected chi connectivity index (χ4v) is 3.61. The molecular weight excluding hydrogens is 244 g/mol. The summed E-state index contributed by atoms with van der Waals surface area (Å²) in [7, 11) is 0. The molecular formula is C15H21ClN2. The summed E-state index contributed by atoms with van der Waals surface area (Å²) in [4.78, 5) is 0. The maximum absolute atomic E-state index is 6.15. The molecule has 1 heterocycles. The highest BCUT2D eigenvalue weighted by Gasteiger charge is 2.44. The first-order valence-corrected chi connectivity index (χ1v) is 7.29. The van der Waals surface area contributed by atoms with Crippen LogP contribution in [0.15, 0.2) is 18.2 Å². The van der Waals surface area contributed by atoms with Crippen molar-refractivity contribution < 1.29 is 0 Å². The number of rotatable bonds is 2. The van der Waals surface area contributed by atoms with Gasteiger partial charge in [0, 0.05) is 16.8 Å². The predicted octanol–water partition coefficient (Wildman–Crippen LogP) is 3.59. The average Bonchev–Trinajstić information content (AvgIpc) is 2.34. The zero-order valence-corrected chi connectivity index (χ0v) is 11.7. The van der Waals surface area contributed by atoms with E-state index in [0.717, 1.165) is 5.02 Å². The van der Waals surface area contributed by atoms with Gasteiger partial charge in [-0.1, -0.05) is 17.7 Å². The standard InChI is InChI=1S/C15H21ClN2/c1-11-13(16)3-2-4-14(11)18-12-9-15(10-12)5-7-17-8-6-15/h2-4,12,17-18H,5-10H2,1H3. The molecule has 1 saturated carbocycles.